The van der Waals surface area contributed by atoms with Gasteiger partial charge in [-0.2, -0.15) is 13.2 Å². The van der Waals surface area contributed by atoms with Crippen molar-refractivity contribution in [3.8, 4) is 0 Å². The zero-order valence-corrected chi connectivity index (χ0v) is 8.92. The number of aliphatic imine (C=N–C) groups is 1. The molecule has 0 aliphatic rings. The van der Waals surface area contributed by atoms with Gasteiger partial charge in [-0.3, -0.25) is 0 Å². The summed E-state index contributed by atoms with van der Waals surface area (Å²) >= 11 is 0. The summed E-state index contributed by atoms with van der Waals surface area (Å²) in [7, 11) is 0. The van der Waals surface area contributed by atoms with E-state index in [1.165, 1.54) is 12.1 Å². The number of isocyanates is 1. The van der Waals surface area contributed by atoms with Crippen LogP contribution in [-0.4, -0.2) is 12.6 Å². The third-order valence-corrected chi connectivity index (χ3v) is 2.08. The van der Waals surface area contributed by atoms with Gasteiger partial charge in [0.15, 0.2) is 0 Å². The minimum atomic E-state index is -4.35. The molecule has 0 bridgehead atoms. The summed E-state index contributed by atoms with van der Waals surface area (Å²) in [4.78, 5) is 13.2. The maximum atomic E-state index is 12.4. The van der Waals surface area contributed by atoms with Crippen molar-refractivity contribution in [1.29, 1.82) is 0 Å². The van der Waals surface area contributed by atoms with Gasteiger partial charge in [-0.25, -0.2) is 9.79 Å². The van der Waals surface area contributed by atoms with E-state index >= 15 is 0 Å². The number of hydrogen-bond acceptors (Lipinski definition) is 2. The number of carbonyl (C=O) groups excluding carboxylic acids is 1. The second-order valence-corrected chi connectivity index (χ2v) is 3.53. The van der Waals surface area contributed by atoms with Crippen LogP contribution in [-0.2, 0) is 17.4 Å². The lowest BCUT2D eigenvalue weighted by Gasteiger charge is -2.08. The van der Waals surface area contributed by atoms with Crippen molar-refractivity contribution in [1.82, 2.24) is 0 Å². The van der Waals surface area contributed by atoms with Gasteiger partial charge in [-0.1, -0.05) is 30.4 Å². The monoisotopic (exact) mass is 241 g/mol. The molecule has 0 atom stereocenters. The van der Waals surface area contributed by atoms with Gasteiger partial charge in [0.05, 0.1) is 12.1 Å². The van der Waals surface area contributed by atoms with E-state index in [9.17, 15) is 18.0 Å². The molecule has 0 fully saturated rings. The van der Waals surface area contributed by atoms with Crippen LogP contribution in [0.2, 0.25) is 0 Å². The molecule has 90 valence electrons. The summed E-state index contributed by atoms with van der Waals surface area (Å²) < 4.78 is 37.2. The van der Waals surface area contributed by atoms with Crippen molar-refractivity contribution in [2.24, 2.45) is 4.99 Å². The van der Waals surface area contributed by atoms with E-state index in [0.717, 1.165) is 12.1 Å². The minimum Gasteiger partial charge on any atom is -0.211 e. The molecular weight excluding hydrogens is 231 g/mol. The lowest BCUT2D eigenvalue weighted by atomic mass is 10.0. The molecule has 0 aliphatic heterocycles. The van der Waals surface area contributed by atoms with Crippen LogP contribution < -0.4 is 0 Å². The molecule has 5 heteroatoms. The van der Waals surface area contributed by atoms with Crippen molar-refractivity contribution in [3.05, 3.63) is 47.5 Å². The fourth-order valence-electron chi connectivity index (χ4n) is 1.35. The normalized spacial score (nSPS) is 10.8. The highest BCUT2D eigenvalue weighted by Crippen LogP contribution is 2.29. The molecule has 0 spiro atoms. The summed E-state index contributed by atoms with van der Waals surface area (Å²) in [5.41, 5.74) is 0.361. The molecule has 0 saturated carbocycles. The molecule has 17 heavy (non-hydrogen) atoms. The van der Waals surface area contributed by atoms with Crippen LogP contribution in [0.15, 0.2) is 41.4 Å². The van der Waals surface area contributed by atoms with Gasteiger partial charge >= 0.3 is 6.18 Å². The molecule has 1 rings (SSSR count). The van der Waals surface area contributed by atoms with Gasteiger partial charge in [0, 0.05) is 0 Å². The van der Waals surface area contributed by atoms with Crippen LogP contribution >= 0.6 is 0 Å². The number of nitrogens with zero attached hydrogens (tertiary/aromatic N) is 1. The first-order valence-corrected chi connectivity index (χ1v) is 4.80. The zero-order chi connectivity index (χ0) is 12.9. The Balaban J connectivity index is 2.79. The molecule has 1 aromatic carbocycles. The summed E-state index contributed by atoms with van der Waals surface area (Å²) in [6, 6.07) is 4.99. The molecule has 0 amide bonds. The van der Waals surface area contributed by atoms with Crippen LogP contribution in [0.1, 0.15) is 11.1 Å². The van der Waals surface area contributed by atoms with E-state index in [1.807, 2.05) is 0 Å². The van der Waals surface area contributed by atoms with Crippen LogP contribution in [0.25, 0.3) is 0 Å². The Bertz CT molecular complexity index is 459. The molecule has 0 aromatic heterocycles. The summed E-state index contributed by atoms with van der Waals surface area (Å²) in [5.74, 6) is 0. The number of alkyl halides is 3. The Kier molecular flexibility index (Phi) is 4.24. The average molecular weight is 241 g/mol. The van der Waals surface area contributed by atoms with E-state index in [4.69, 9.17) is 0 Å². The second-order valence-electron chi connectivity index (χ2n) is 3.53. The summed E-state index contributed by atoms with van der Waals surface area (Å²) in [6.07, 6.45) is -2.74. The first-order chi connectivity index (χ1) is 7.93. The van der Waals surface area contributed by atoms with E-state index < -0.39 is 11.7 Å². The highest BCUT2D eigenvalue weighted by atomic mass is 19.4. The second kappa shape index (κ2) is 5.46. The topological polar surface area (TPSA) is 29.4 Å². The number of rotatable bonds is 4. The van der Waals surface area contributed by atoms with Crippen LogP contribution in [0, 0.1) is 0 Å². The predicted octanol–water partition coefficient (Wildman–Crippen LogP) is 3.14. The van der Waals surface area contributed by atoms with Gasteiger partial charge in [-0.05, 0) is 18.1 Å². The molecule has 0 N–H and O–H groups in total. The van der Waals surface area contributed by atoms with Crippen molar-refractivity contribution in [2.75, 3.05) is 6.54 Å². The van der Waals surface area contributed by atoms with Crippen molar-refractivity contribution in [2.45, 2.75) is 12.6 Å². The Morgan fingerprint density at radius 3 is 2.71 bits per heavy atom. The first kappa shape index (κ1) is 13.2. The lowest BCUT2D eigenvalue weighted by Crippen LogP contribution is -2.05. The zero-order valence-electron chi connectivity index (χ0n) is 8.92. The molecule has 0 radical (unpaired) electrons. The molecule has 0 unspecified atom stereocenters. The standard InChI is InChI=1S/C12H10F3NO/c1-9(7-16-8-17)5-10-3-2-4-11(6-10)12(13,14)15/h2-4,6H,1,5,7H2. The average Bonchev–Trinajstić information content (AvgIpc) is 2.25. The van der Waals surface area contributed by atoms with Gasteiger partial charge in [0.25, 0.3) is 0 Å². The molecular formula is C12H10F3NO. The van der Waals surface area contributed by atoms with Crippen LogP contribution in [0.5, 0.6) is 0 Å². The predicted molar refractivity (Wildman–Crippen MR) is 57.3 cm³/mol. The minimum absolute atomic E-state index is 0.0831. The van der Waals surface area contributed by atoms with Gasteiger partial charge in [0.1, 0.15) is 0 Å². The van der Waals surface area contributed by atoms with E-state index in [2.05, 4.69) is 11.6 Å². The van der Waals surface area contributed by atoms with Gasteiger partial charge in [0.2, 0.25) is 6.08 Å². The Morgan fingerprint density at radius 1 is 1.41 bits per heavy atom. The molecule has 0 heterocycles. The largest absolute Gasteiger partial charge is 0.416 e. The Morgan fingerprint density at radius 2 is 2.12 bits per heavy atom. The summed E-state index contributed by atoms with van der Waals surface area (Å²) in [6.45, 7) is 3.71. The van der Waals surface area contributed by atoms with Crippen molar-refractivity contribution < 1.29 is 18.0 Å². The summed E-state index contributed by atoms with van der Waals surface area (Å²) in [5, 5.41) is 0. The van der Waals surface area contributed by atoms with Crippen molar-refractivity contribution in [3.63, 3.8) is 0 Å². The number of hydrogen-bond donors (Lipinski definition) is 0. The molecule has 0 aliphatic carbocycles. The molecule has 1 aromatic rings. The molecule has 0 saturated heterocycles. The van der Waals surface area contributed by atoms with Crippen molar-refractivity contribution >= 4 is 6.08 Å². The smallest absolute Gasteiger partial charge is 0.211 e. The van der Waals surface area contributed by atoms with E-state index in [-0.39, 0.29) is 13.0 Å². The Hall–Kier alpha value is -1.87. The maximum absolute atomic E-state index is 12.4. The molecule has 2 nitrogen and oxygen atoms in total. The van der Waals surface area contributed by atoms with Crippen LogP contribution in [0.3, 0.4) is 0 Å². The number of benzene rings is 1. The Labute approximate surface area is 96.5 Å². The third-order valence-electron chi connectivity index (χ3n) is 2.08. The first-order valence-electron chi connectivity index (χ1n) is 4.80. The highest BCUT2D eigenvalue weighted by molar-refractivity contribution is 5.34. The van der Waals surface area contributed by atoms with Gasteiger partial charge < -0.3 is 0 Å². The number of halogens is 3. The maximum Gasteiger partial charge on any atom is 0.416 e. The van der Waals surface area contributed by atoms with Crippen LogP contribution in [0.4, 0.5) is 13.2 Å². The lowest BCUT2D eigenvalue weighted by molar-refractivity contribution is -0.137. The third kappa shape index (κ3) is 4.25. The fourth-order valence-corrected chi connectivity index (χ4v) is 1.35. The van der Waals surface area contributed by atoms with E-state index in [1.54, 1.807) is 6.07 Å². The SMILES string of the molecule is C=C(CN=C=O)Cc1cccc(C(F)(F)F)c1. The van der Waals surface area contributed by atoms with Gasteiger partial charge in [-0.15, -0.1) is 0 Å². The quantitative estimate of drug-likeness (QED) is 0.452. The highest BCUT2D eigenvalue weighted by Gasteiger charge is 2.30. The van der Waals surface area contributed by atoms with E-state index in [0.29, 0.717) is 11.1 Å². The fraction of sp³-hybridized carbons (Fsp3) is 0.250.